The molecule has 3 heteroatoms. The number of nitrogens with zero attached hydrogens (tertiary/aromatic N) is 1. The predicted molar refractivity (Wildman–Crippen MR) is 66.5 cm³/mol. The number of rotatable bonds is 6. The first-order chi connectivity index (χ1) is 7.71. The molecule has 94 valence electrons. The monoisotopic (exact) mass is 226 g/mol. The third-order valence-corrected chi connectivity index (χ3v) is 4.09. The molecule has 1 saturated carbocycles. The molecule has 0 radical (unpaired) electrons. The van der Waals surface area contributed by atoms with Crippen LogP contribution in [0, 0.1) is 0 Å². The Morgan fingerprint density at radius 3 is 2.75 bits per heavy atom. The fraction of sp³-hybridized carbons (Fsp3) is 1.00. The molecule has 0 aromatic carbocycles. The van der Waals surface area contributed by atoms with Gasteiger partial charge in [0.2, 0.25) is 0 Å². The minimum absolute atomic E-state index is 0.187. The van der Waals surface area contributed by atoms with Gasteiger partial charge in [-0.2, -0.15) is 0 Å². The van der Waals surface area contributed by atoms with Gasteiger partial charge in [-0.25, -0.2) is 0 Å². The Labute approximate surface area is 99.2 Å². The lowest BCUT2D eigenvalue weighted by Crippen LogP contribution is -2.48. The van der Waals surface area contributed by atoms with Crippen LogP contribution in [0.15, 0.2) is 0 Å². The van der Waals surface area contributed by atoms with Crippen LogP contribution in [0.1, 0.15) is 46.0 Å². The molecule has 2 rings (SSSR count). The van der Waals surface area contributed by atoms with Gasteiger partial charge >= 0.3 is 0 Å². The molecule has 2 fully saturated rings. The van der Waals surface area contributed by atoms with Crippen molar-refractivity contribution in [2.75, 3.05) is 19.7 Å². The third kappa shape index (κ3) is 2.58. The Balaban J connectivity index is 1.97. The van der Waals surface area contributed by atoms with Crippen molar-refractivity contribution in [3.05, 3.63) is 0 Å². The Kier molecular flexibility index (Phi) is 3.88. The topological polar surface area (TPSA) is 35.5 Å². The SMILES string of the molecule is CCCNC1(CCO)CC(C)N(C2CC2)C1. The number of hydrogen-bond donors (Lipinski definition) is 2. The molecule has 0 bridgehead atoms. The zero-order valence-corrected chi connectivity index (χ0v) is 10.7. The maximum atomic E-state index is 9.26. The summed E-state index contributed by atoms with van der Waals surface area (Å²) in [7, 11) is 0. The van der Waals surface area contributed by atoms with Gasteiger partial charge in [-0.15, -0.1) is 0 Å². The Bertz CT molecular complexity index is 230. The molecular weight excluding hydrogens is 200 g/mol. The van der Waals surface area contributed by atoms with E-state index >= 15 is 0 Å². The maximum absolute atomic E-state index is 9.26. The number of aliphatic hydroxyl groups is 1. The van der Waals surface area contributed by atoms with E-state index in [1.165, 1.54) is 25.7 Å². The third-order valence-electron chi connectivity index (χ3n) is 4.09. The van der Waals surface area contributed by atoms with Gasteiger partial charge in [0.25, 0.3) is 0 Å². The van der Waals surface area contributed by atoms with Gasteiger partial charge < -0.3 is 10.4 Å². The van der Waals surface area contributed by atoms with Crippen molar-refractivity contribution in [2.24, 2.45) is 0 Å². The molecule has 1 aliphatic heterocycles. The van der Waals surface area contributed by atoms with Gasteiger partial charge in [-0.1, -0.05) is 6.92 Å². The van der Waals surface area contributed by atoms with E-state index in [1.807, 2.05) is 0 Å². The lowest BCUT2D eigenvalue weighted by molar-refractivity contribution is 0.198. The van der Waals surface area contributed by atoms with Gasteiger partial charge in [-0.3, -0.25) is 4.90 Å². The van der Waals surface area contributed by atoms with E-state index in [2.05, 4.69) is 24.1 Å². The first kappa shape index (κ1) is 12.3. The summed E-state index contributed by atoms with van der Waals surface area (Å²) in [4.78, 5) is 2.65. The smallest absolute Gasteiger partial charge is 0.0449 e. The highest BCUT2D eigenvalue weighted by Crippen LogP contribution is 2.38. The predicted octanol–water partition coefficient (Wildman–Crippen LogP) is 1.36. The lowest BCUT2D eigenvalue weighted by atomic mass is 9.92. The van der Waals surface area contributed by atoms with E-state index in [0.29, 0.717) is 12.6 Å². The zero-order chi connectivity index (χ0) is 11.6. The summed E-state index contributed by atoms with van der Waals surface area (Å²) in [6.07, 6.45) is 6.04. The Hall–Kier alpha value is -0.120. The van der Waals surface area contributed by atoms with Crippen molar-refractivity contribution in [1.29, 1.82) is 0 Å². The summed E-state index contributed by atoms with van der Waals surface area (Å²) in [6, 6.07) is 1.53. The van der Waals surface area contributed by atoms with E-state index < -0.39 is 0 Å². The molecule has 2 aliphatic rings. The number of likely N-dealkylation sites (tertiary alicyclic amines) is 1. The summed E-state index contributed by atoms with van der Waals surface area (Å²) in [6.45, 7) is 7.06. The minimum atomic E-state index is 0.187. The maximum Gasteiger partial charge on any atom is 0.0449 e. The molecule has 0 aromatic heterocycles. The minimum Gasteiger partial charge on any atom is -0.396 e. The number of nitrogens with one attached hydrogen (secondary N) is 1. The molecule has 2 unspecified atom stereocenters. The molecule has 16 heavy (non-hydrogen) atoms. The second kappa shape index (κ2) is 5.03. The van der Waals surface area contributed by atoms with E-state index in [0.717, 1.165) is 25.6 Å². The van der Waals surface area contributed by atoms with Crippen LogP contribution < -0.4 is 5.32 Å². The summed E-state index contributed by atoms with van der Waals surface area (Å²) in [5, 5.41) is 12.9. The van der Waals surface area contributed by atoms with Gasteiger partial charge in [0.1, 0.15) is 0 Å². The van der Waals surface area contributed by atoms with Crippen molar-refractivity contribution in [1.82, 2.24) is 10.2 Å². The molecule has 0 spiro atoms. The first-order valence-electron chi connectivity index (χ1n) is 6.82. The van der Waals surface area contributed by atoms with E-state index in [9.17, 15) is 5.11 Å². The molecule has 1 heterocycles. The van der Waals surface area contributed by atoms with Crippen molar-refractivity contribution in [3.63, 3.8) is 0 Å². The average molecular weight is 226 g/mol. The Morgan fingerprint density at radius 1 is 1.44 bits per heavy atom. The van der Waals surface area contributed by atoms with Crippen molar-refractivity contribution in [2.45, 2.75) is 63.6 Å². The van der Waals surface area contributed by atoms with Crippen LogP contribution in [-0.4, -0.2) is 47.3 Å². The molecule has 0 aromatic rings. The highest BCUT2D eigenvalue weighted by Gasteiger charge is 2.46. The van der Waals surface area contributed by atoms with Gasteiger partial charge in [0, 0.05) is 30.8 Å². The van der Waals surface area contributed by atoms with Crippen LogP contribution in [0.25, 0.3) is 0 Å². The molecular formula is C13H26N2O. The second-order valence-corrected chi connectivity index (χ2v) is 5.64. The van der Waals surface area contributed by atoms with Crippen LogP contribution in [0.5, 0.6) is 0 Å². The summed E-state index contributed by atoms with van der Waals surface area (Å²) in [5.41, 5.74) is 0.187. The number of hydrogen-bond acceptors (Lipinski definition) is 3. The van der Waals surface area contributed by atoms with Crippen LogP contribution >= 0.6 is 0 Å². The van der Waals surface area contributed by atoms with Gasteiger partial charge in [-0.05, 0) is 45.6 Å². The molecule has 3 nitrogen and oxygen atoms in total. The first-order valence-corrected chi connectivity index (χ1v) is 6.82. The van der Waals surface area contributed by atoms with Crippen molar-refractivity contribution >= 4 is 0 Å². The van der Waals surface area contributed by atoms with Gasteiger partial charge in [0.15, 0.2) is 0 Å². The van der Waals surface area contributed by atoms with E-state index in [-0.39, 0.29) is 5.54 Å². The van der Waals surface area contributed by atoms with Crippen LogP contribution in [0.2, 0.25) is 0 Å². The normalized spacial score (nSPS) is 35.8. The highest BCUT2D eigenvalue weighted by molar-refractivity contribution is 5.04. The van der Waals surface area contributed by atoms with Gasteiger partial charge in [0.05, 0.1) is 0 Å². The molecule has 0 amide bonds. The van der Waals surface area contributed by atoms with Crippen LogP contribution in [0.3, 0.4) is 0 Å². The Morgan fingerprint density at radius 2 is 2.19 bits per heavy atom. The summed E-state index contributed by atoms with van der Waals surface area (Å²) >= 11 is 0. The van der Waals surface area contributed by atoms with E-state index in [1.54, 1.807) is 0 Å². The summed E-state index contributed by atoms with van der Waals surface area (Å²) in [5.74, 6) is 0. The largest absolute Gasteiger partial charge is 0.396 e. The average Bonchev–Trinajstić information content (AvgIpc) is 3.03. The van der Waals surface area contributed by atoms with Crippen LogP contribution in [-0.2, 0) is 0 Å². The van der Waals surface area contributed by atoms with Crippen LogP contribution in [0.4, 0.5) is 0 Å². The standard InChI is InChI=1S/C13H26N2O/c1-3-7-14-13(6-8-16)9-11(2)15(10-13)12-4-5-12/h11-12,14,16H,3-10H2,1-2H3. The second-order valence-electron chi connectivity index (χ2n) is 5.64. The molecule has 2 atom stereocenters. The fourth-order valence-electron chi connectivity index (χ4n) is 3.15. The highest BCUT2D eigenvalue weighted by atomic mass is 16.3. The zero-order valence-electron chi connectivity index (χ0n) is 10.7. The quantitative estimate of drug-likeness (QED) is 0.718. The molecule has 1 aliphatic carbocycles. The number of aliphatic hydroxyl groups excluding tert-OH is 1. The lowest BCUT2D eigenvalue weighted by Gasteiger charge is -2.30. The fourth-order valence-corrected chi connectivity index (χ4v) is 3.15. The summed E-state index contributed by atoms with van der Waals surface area (Å²) < 4.78 is 0. The molecule has 2 N–H and O–H groups in total. The van der Waals surface area contributed by atoms with E-state index in [4.69, 9.17) is 0 Å². The molecule has 1 saturated heterocycles. The van der Waals surface area contributed by atoms with Crippen molar-refractivity contribution in [3.8, 4) is 0 Å². The van der Waals surface area contributed by atoms with Crippen molar-refractivity contribution < 1.29 is 5.11 Å².